The molecule has 0 saturated carbocycles. The van der Waals surface area contributed by atoms with Gasteiger partial charge in [-0.3, -0.25) is 4.79 Å². The van der Waals surface area contributed by atoms with E-state index in [4.69, 9.17) is 4.74 Å². The number of carbonyl (C=O) groups is 1. The van der Waals surface area contributed by atoms with Gasteiger partial charge in [-0.2, -0.15) is 4.31 Å². The normalized spacial score (nSPS) is 15.7. The Labute approximate surface area is 196 Å². The molecule has 1 amide bonds. The number of piperidine rings is 1. The summed E-state index contributed by atoms with van der Waals surface area (Å²) in [5.41, 5.74) is 0.799. The van der Waals surface area contributed by atoms with Crippen LogP contribution in [0.1, 0.15) is 12.8 Å². The molecular weight excluding hydrogens is 458 g/mol. The average molecular weight is 482 g/mol. The minimum Gasteiger partial charge on any atom is -0.497 e. The Hall–Kier alpha value is -3.01. The molecular formula is C24H23N3O4S2. The van der Waals surface area contributed by atoms with Gasteiger partial charge in [0.1, 0.15) is 5.75 Å². The lowest BCUT2D eigenvalue weighted by molar-refractivity contribution is -0.120. The Morgan fingerprint density at radius 2 is 1.82 bits per heavy atom. The van der Waals surface area contributed by atoms with Crippen molar-refractivity contribution in [1.29, 1.82) is 0 Å². The first-order chi connectivity index (χ1) is 15.9. The molecule has 33 heavy (non-hydrogen) atoms. The van der Waals surface area contributed by atoms with E-state index < -0.39 is 10.0 Å². The minimum atomic E-state index is -3.61. The predicted octanol–water partition coefficient (Wildman–Crippen LogP) is 4.50. The largest absolute Gasteiger partial charge is 0.497 e. The van der Waals surface area contributed by atoms with Crippen LogP contribution in [0, 0.1) is 5.92 Å². The summed E-state index contributed by atoms with van der Waals surface area (Å²) in [5.74, 6) is 0.363. The van der Waals surface area contributed by atoms with Gasteiger partial charge in [0, 0.05) is 19.0 Å². The molecule has 1 N–H and O–H groups in total. The van der Waals surface area contributed by atoms with Crippen molar-refractivity contribution in [3.8, 4) is 5.75 Å². The summed E-state index contributed by atoms with van der Waals surface area (Å²) in [7, 11) is -2.00. The second-order valence-corrected chi connectivity index (χ2v) is 11.0. The highest BCUT2D eigenvalue weighted by Gasteiger charge is 2.32. The number of benzene rings is 3. The van der Waals surface area contributed by atoms with E-state index in [1.54, 1.807) is 19.2 Å². The topological polar surface area (TPSA) is 88.6 Å². The molecule has 5 rings (SSSR count). The number of ether oxygens (including phenoxy) is 1. The highest BCUT2D eigenvalue weighted by Crippen LogP contribution is 2.31. The van der Waals surface area contributed by atoms with Crippen LogP contribution in [-0.2, 0) is 14.8 Å². The lowest BCUT2D eigenvalue weighted by atomic mass is 9.97. The molecule has 0 unspecified atom stereocenters. The van der Waals surface area contributed by atoms with Crippen molar-refractivity contribution >= 4 is 53.4 Å². The molecule has 9 heteroatoms. The zero-order valence-corrected chi connectivity index (χ0v) is 19.7. The Kier molecular flexibility index (Phi) is 5.77. The molecule has 0 aliphatic carbocycles. The number of thiazole rings is 1. The number of fused-ring (bicyclic) bond motifs is 2. The van der Waals surface area contributed by atoms with Gasteiger partial charge in [-0.1, -0.05) is 41.7 Å². The quantitative estimate of drug-likeness (QED) is 0.454. The fourth-order valence-electron chi connectivity index (χ4n) is 4.13. The Balaban J connectivity index is 1.24. The van der Waals surface area contributed by atoms with Crippen LogP contribution in [0.5, 0.6) is 5.75 Å². The van der Waals surface area contributed by atoms with Crippen LogP contribution >= 0.6 is 11.3 Å². The van der Waals surface area contributed by atoms with Gasteiger partial charge < -0.3 is 10.1 Å². The number of aromatic nitrogens is 1. The molecule has 0 bridgehead atoms. The van der Waals surface area contributed by atoms with E-state index in [9.17, 15) is 13.2 Å². The SMILES string of the molecule is COc1ccc2nc(NC(=O)C3CCN(S(=O)(=O)c4ccc5ccccc5c4)CC3)sc2c1. The van der Waals surface area contributed by atoms with E-state index in [1.165, 1.54) is 15.6 Å². The molecule has 0 atom stereocenters. The summed E-state index contributed by atoms with van der Waals surface area (Å²) in [6.07, 6.45) is 0.939. The third-order valence-electron chi connectivity index (χ3n) is 6.01. The van der Waals surface area contributed by atoms with Crippen molar-refractivity contribution in [3.05, 3.63) is 60.7 Å². The standard InChI is InChI=1S/C24H23N3O4S2/c1-31-19-7-9-21-22(15-19)32-24(25-21)26-23(28)17-10-12-27(13-11-17)33(29,30)20-8-6-16-4-2-3-5-18(16)14-20/h2-9,14-15,17H,10-13H2,1H3,(H,25,26,28). The number of hydrogen-bond acceptors (Lipinski definition) is 6. The fourth-order valence-corrected chi connectivity index (χ4v) is 6.53. The lowest BCUT2D eigenvalue weighted by Crippen LogP contribution is -2.41. The molecule has 3 aromatic carbocycles. The van der Waals surface area contributed by atoms with Crippen molar-refractivity contribution in [3.63, 3.8) is 0 Å². The average Bonchev–Trinajstić information content (AvgIpc) is 3.25. The van der Waals surface area contributed by atoms with E-state index >= 15 is 0 Å². The summed E-state index contributed by atoms with van der Waals surface area (Å²) in [5, 5.41) is 5.33. The predicted molar refractivity (Wildman–Crippen MR) is 130 cm³/mol. The van der Waals surface area contributed by atoms with E-state index in [2.05, 4.69) is 10.3 Å². The number of rotatable bonds is 5. The van der Waals surface area contributed by atoms with Crippen molar-refractivity contribution < 1.29 is 17.9 Å². The molecule has 1 fully saturated rings. The van der Waals surface area contributed by atoms with Crippen molar-refractivity contribution in [1.82, 2.24) is 9.29 Å². The number of sulfonamides is 1. The van der Waals surface area contributed by atoms with Gasteiger partial charge in [0.25, 0.3) is 0 Å². The van der Waals surface area contributed by atoms with Crippen LogP contribution in [0.25, 0.3) is 21.0 Å². The Bertz CT molecular complexity index is 1440. The van der Waals surface area contributed by atoms with Gasteiger partial charge in [0.2, 0.25) is 15.9 Å². The maximum Gasteiger partial charge on any atom is 0.243 e. The molecule has 170 valence electrons. The summed E-state index contributed by atoms with van der Waals surface area (Å²) in [6, 6.07) is 18.5. The summed E-state index contributed by atoms with van der Waals surface area (Å²) in [4.78, 5) is 17.6. The molecule has 7 nitrogen and oxygen atoms in total. The number of nitrogens with zero attached hydrogens (tertiary/aromatic N) is 2. The molecule has 1 aliphatic rings. The Morgan fingerprint density at radius 1 is 1.06 bits per heavy atom. The van der Waals surface area contributed by atoms with Crippen molar-refractivity contribution in [2.24, 2.45) is 5.92 Å². The molecule has 1 aliphatic heterocycles. The van der Waals surface area contributed by atoms with Crippen LogP contribution < -0.4 is 10.1 Å². The van der Waals surface area contributed by atoms with E-state index in [0.29, 0.717) is 31.1 Å². The van der Waals surface area contributed by atoms with Gasteiger partial charge in [0.05, 0.1) is 22.2 Å². The van der Waals surface area contributed by atoms with E-state index in [1.807, 2.05) is 48.5 Å². The Morgan fingerprint density at radius 3 is 2.58 bits per heavy atom. The molecule has 0 radical (unpaired) electrons. The van der Waals surface area contributed by atoms with Gasteiger partial charge in [-0.25, -0.2) is 13.4 Å². The second kappa shape index (κ2) is 8.74. The summed E-state index contributed by atoms with van der Waals surface area (Å²) in [6.45, 7) is 0.620. The number of methoxy groups -OCH3 is 1. The third kappa shape index (κ3) is 4.31. The third-order valence-corrected chi connectivity index (χ3v) is 8.84. The molecule has 0 spiro atoms. The highest BCUT2D eigenvalue weighted by molar-refractivity contribution is 7.89. The van der Waals surface area contributed by atoms with Gasteiger partial charge in [-0.15, -0.1) is 0 Å². The monoisotopic (exact) mass is 481 g/mol. The first kappa shape index (κ1) is 21.8. The van der Waals surface area contributed by atoms with Crippen molar-refractivity contribution in [2.75, 3.05) is 25.5 Å². The maximum atomic E-state index is 13.2. The van der Waals surface area contributed by atoms with Crippen LogP contribution in [-0.4, -0.2) is 43.8 Å². The zero-order valence-electron chi connectivity index (χ0n) is 18.0. The minimum absolute atomic E-state index is 0.122. The smallest absolute Gasteiger partial charge is 0.243 e. The van der Waals surface area contributed by atoms with Crippen molar-refractivity contribution in [2.45, 2.75) is 17.7 Å². The van der Waals surface area contributed by atoms with E-state index in [0.717, 1.165) is 26.7 Å². The number of amides is 1. The molecule has 2 heterocycles. The highest BCUT2D eigenvalue weighted by atomic mass is 32.2. The van der Waals surface area contributed by atoms with Crippen LogP contribution in [0.4, 0.5) is 5.13 Å². The molecule has 1 saturated heterocycles. The first-order valence-corrected chi connectivity index (χ1v) is 12.9. The summed E-state index contributed by atoms with van der Waals surface area (Å²) >= 11 is 1.39. The van der Waals surface area contributed by atoms with Crippen LogP contribution in [0.2, 0.25) is 0 Å². The van der Waals surface area contributed by atoms with Gasteiger partial charge in [-0.05, 0) is 53.9 Å². The number of nitrogens with one attached hydrogen (secondary N) is 1. The molecule has 4 aromatic rings. The van der Waals surface area contributed by atoms with Gasteiger partial charge in [0.15, 0.2) is 5.13 Å². The lowest BCUT2D eigenvalue weighted by Gasteiger charge is -2.30. The van der Waals surface area contributed by atoms with Gasteiger partial charge >= 0.3 is 0 Å². The zero-order chi connectivity index (χ0) is 23.0. The van der Waals surface area contributed by atoms with E-state index in [-0.39, 0.29) is 16.7 Å². The maximum absolute atomic E-state index is 13.2. The van der Waals surface area contributed by atoms with Crippen LogP contribution in [0.15, 0.2) is 65.6 Å². The number of carbonyl (C=O) groups excluding carboxylic acids is 1. The first-order valence-electron chi connectivity index (χ1n) is 10.7. The van der Waals surface area contributed by atoms with Crippen LogP contribution in [0.3, 0.4) is 0 Å². The molecule has 1 aromatic heterocycles. The number of anilines is 1. The summed E-state index contributed by atoms with van der Waals surface area (Å²) < 4.78 is 34.0. The second-order valence-electron chi connectivity index (χ2n) is 8.03. The fraction of sp³-hybridized carbons (Fsp3) is 0.250. The number of hydrogen-bond donors (Lipinski definition) is 1.